The molecular formula is C20H29N5O2. The van der Waals surface area contributed by atoms with Crippen molar-refractivity contribution in [1.29, 1.82) is 0 Å². The summed E-state index contributed by atoms with van der Waals surface area (Å²) in [6.07, 6.45) is 3.22. The van der Waals surface area contributed by atoms with Gasteiger partial charge in [-0.15, -0.1) is 0 Å². The van der Waals surface area contributed by atoms with Crippen molar-refractivity contribution < 1.29 is 4.79 Å². The summed E-state index contributed by atoms with van der Waals surface area (Å²) in [5.41, 5.74) is 1.33. The van der Waals surface area contributed by atoms with Crippen molar-refractivity contribution >= 4 is 17.1 Å². The number of nitrogens with zero attached hydrogens (tertiary/aromatic N) is 4. The van der Waals surface area contributed by atoms with Gasteiger partial charge < -0.3 is 10.2 Å². The molecule has 1 aromatic heterocycles. The number of rotatable bonds is 6. The number of aromatic nitrogens is 2. The van der Waals surface area contributed by atoms with Crippen LogP contribution in [0.2, 0.25) is 0 Å². The van der Waals surface area contributed by atoms with E-state index in [2.05, 4.69) is 22.0 Å². The summed E-state index contributed by atoms with van der Waals surface area (Å²) >= 11 is 0. The minimum Gasteiger partial charge on any atom is -0.336 e. The fourth-order valence-electron chi connectivity index (χ4n) is 4.01. The van der Waals surface area contributed by atoms with Crippen LogP contribution in [0.25, 0.3) is 11.0 Å². The molecule has 2 aliphatic rings. The van der Waals surface area contributed by atoms with Crippen LogP contribution in [0.3, 0.4) is 0 Å². The highest BCUT2D eigenvalue weighted by molar-refractivity contribution is 5.89. The number of benzene rings is 1. The fraction of sp³-hybridized carbons (Fsp3) is 0.600. The van der Waals surface area contributed by atoms with E-state index in [4.69, 9.17) is 0 Å². The van der Waals surface area contributed by atoms with Gasteiger partial charge in [0.1, 0.15) is 0 Å². The lowest BCUT2D eigenvalue weighted by molar-refractivity contribution is 0.133. The van der Waals surface area contributed by atoms with Crippen LogP contribution in [0.4, 0.5) is 4.79 Å². The molecule has 1 saturated heterocycles. The largest absolute Gasteiger partial charge is 0.337 e. The fourth-order valence-corrected chi connectivity index (χ4v) is 4.01. The van der Waals surface area contributed by atoms with Gasteiger partial charge in [-0.2, -0.15) is 0 Å². The molecule has 27 heavy (non-hydrogen) atoms. The summed E-state index contributed by atoms with van der Waals surface area (Å²) in [7, 11) is 0. The number of carbonyl (C=O) groups is 1. The summed E-state index contributed by atoms with van der Waals surface area (Å²) in [4.78, 5) is 30.4. The maximum Gasteiger partial charge on any atom is 0.337 e. The molecule has 1 aromatic carbocycles. The molecule has 1 amide bonds. The van der Waals surface area contributed by atoms with E-state index < -0.39 is 0 Å². The van der Waals surface area contributed by atoms with Crippen LogP contribution in [0.1, 0.15) is 32.2 Å². The molecule has 0 unspecified atom stereocenters. The normalized spacial score (nSPS) is 18.9. The van der Waals surface area contributed by atoms with Gasteiger partial charge in [-0.1, -0.05) is 19.1 Å². The number of hydrogen-bond acceptors (Lipinski definition) is 4. The van der Waals surface area contributed by atoms with Gasteiger partial charge in [0.25, 0.3) is 0 Å². The van der Waals surface area contributed by atoms with Crippen LogP contribution in [0.15, 0.2) is 29.1 Å². The number of imidazole rings is 1. The Labute approximate surface area is 159 Å². The lowest BCUT2D eigenvalue weighted by Crippen LogP contribution is -2.49. The Bertz CT molecular complexity index is 859. The second-order valence-corrected chi connectivity index (χ2v) is 7.62. The van der Waals surface area contributed by atoms with Crippen molar-refractivity contribution in [2.45, 2.75) is 32.2 Å². The SMILES string of the molecule is CCCN1CCN(CCNC(=O)n2c(=O)n(C3CC3)c3ccccc32)CC1. The zero-order chi connectivity index (χ0) is 18.8. The molecule has 2 fully saturated rings. The van der Waals surface area contributed by atoms with Crippen LogP contribution in [0.5, 0.6) is 0 Å². The highest BCUT2D eigenvalue weighted by Crippen LogP contribution is 2.36. The van der Waals surface area contributed by atoms with Crippen LogP contribution in [0, 0.1) is 0 Å². The monoisotopic (exact) mass is 371 g/mol. The third-order valence-electron chi connectivity index (χ3n) is 5.60. The van der Waals surface area contributed by atoms with E-state index in [0.29, 0.717) is 12.1 Å². The van der Waals surface area contributed by atoms with E-state index in [1.807, 2.05) is 24.3 Å². The maximum atomic E-state index is 12.8. The predicted molar refractivity (Wildman–Crippen MR) is 106 cm³/mol. The van der Waals surface area contributed by atoms with E-state index in [1.165, 1.54) is 17.5 Å². The molecule has 0 spiro atoms. The highest BCUT2D eigenvalue weighted by atomic mass is 16.2. The maximum absolute atomic E-state index is 12.8. The van der Waals surface area contributed by atoms with Gasteiger partial charge in [-0.05, 0) is 37.9 Å². The quantitative estimate of drug-likeness (QED) is 0.840. The first-order chi connectivity index (χ1) is 13.2. The summed E-state index contributed by atoms with van der Waals surface area (Å²) < 4.78 is 3.08. The molecule has 2 heterocycles. The Morgan fingerprint density at radius 1 is 1.04 bits per heavy atom. The minimum atomic E-state index is -0.319. The Balaban J connectivity index is 1.38. The van der Waals surface area contributed by atoms with Gasteiger partial charge in [0, 0.05) is 45.3 Å². The van der Waals surface area contributed by atoms with E-state index in [-0.39, 0.29) is 17.8 Å². The summed E-state index contributed by atoms with van der Waals surface area (Å²) in [5.74, 6) is 0. The molecule has 1 aliphatic heterocycles. The van der Waals surface area contributed by atoms with Crippen molar-refractivity contribution in [3.63, 3.8) is 0 Å². The molecule has 7 nitrogen and oxygen atoms in total. The van der Waals surface area contributed by atoms with Gasteiger partial charge in [0.2, 0.25) is 0 Å². The molecule has 1 aliphatic carbocycles. The lowest BCUT2D eigenvalue weighted by Gasteiger charge is -2.34. The van der Waals surface area contributed by atoms with Crippen LogP contribution in [-0.2, 0) is 0 Å². The Morgan fingerprint density at radius 2 is 1.67 bits per heavy atom. The molecule has 1 N–H and O–H groups in total. The second-order valence-electron chi connectivity index (χ2n) is 7.62. The average molecular weight is 371 g/mol. The molecule has 146 valence electrons. The van der Waals surface area contributed by atoms with Crippen molar-refractivity contribution in [3.8, 4) is 0 Å². The molecule has 1 saturated carbocycles. The van der Waals surface area contributed by atoms with Crippen LogP contribution < -0.4 is 11.0 Å². The number of fused-ring (bicyclic) bond motifs is 1. The lowest BCUT2D eigenvalue weighted by atomic mass is 10.3. The third kappa shape index (κ3) is 3.80. The Morgan fingerprint density at radius 3 is 2.30 bits per heavy atom. The Kier molecular flexibility index (Phi) is 5.31. The molecule has 0 radical (unpaired) electrons. The van der Waals surface area contributed by atoms with Gasteiger partial charge in [-0.3, -0.25) is 9.47 Å². The average Bonchev–Trinajstić information content (AvgIpc) is 3.46. The smallest absolute Gasteiger partial charge is 0.336 e. The number of nitrogens with one attached hydrogen (secondary N) is 1. The van der Waals surface area contributed by atoms with Gasteiger partial charge in [-0.25, -0.2) is 14.2 Å². The van der Waals surface area contributed by atoms with Crippen molar-refractivity contribution in [1.82, 2.24) is 24.3 Å². The molecule has 2 aromatic rings. The van der Waals surface area contributed by atoms with Crippen molar-refractivity contribution in [2.24, 2.45) is 0 Å². The topological polar surface area (TPSA) is 62.5 Å². The standard InChI is InChI=1S/C20H29N5O2/c1-2-10-22-12-14-23(15-13-22)11-9-21-19(26)25-18-6-4-3-5-17(18)24(20(25)27)16-7-8-16/h3-6,16H,2,7-15H2,1H3,(H,21,26). The van der Waals surface area contributed by atoms with Crippen LogP contribution >= 0.6 is 0 Å². The zero-order valence-corrected chi connectivity index (χ0v) is 16.1. The highest BCUT2D eigenvalue weighted by Gasteiger charge is 2.30. The number of hydrogen-bond donors (Lipinski definition) is 1. The third-order valence-corrected chi connectivity index (χ3v) is 5.60. The van der Waals surface area contributed by atoms with Gasteiger partial charge in [0.05, 0.1) is 11.0 Å². The number of amides is 1. The molecular weight excluding hydrogens is 342 g/mol. The second kappa shape index (κ2) is 7.86. The minimum absolute atomic E-state index is 0.218. The number of piperazine rings is 1. The first kappa shape index (κ1) is 18.3. The van der Waals surface area contributed by atoms with Crippen molar-refractivity contribution in [3.05, 3.63) is 34.7 Å². The predicted octanol–water partition coefficient (Wildman–Crippen LogP) is 1.72. The van der Waals surface area contributed by atoms with Crippen LogP contribution in [-0.4, -0.2) is 70.8 Å². The Hall–Kier alpha value is -2.12. The molecule has 0 atom stereocenters. The van der Waals surface area contributed by atoms with E-state index in [1.54, 1.807) is 4.57 Å². The number of carbonyl (C=O) groups excluding carboxylic acids is 1. The first-order valence-corrected chi connectivity index (χ1v) is 10.1. The molecule has 7 heteroatoms. The van der Waals surface area contributed by atoms with E-state index >= 15 is 0 Å². The van der Waals surface area contributed by atoms with Gasteiger partial charge >= 0.3 is 11.7 Å². The van der Waals surface area contributed by atoms with Gasteiger partial charge in [0.15, 0.2) is 0 Å². The van der Waals surface area contributed by atoms with E-state index in [9.17, 15) is 9.59 Å². The van der Waals surface area contributed by atoms with E-state index in [0.717, 1.165) is 51.1 Å². The molecule has 0 bridgehead atoms. The zero-order valence-electron chi connectivity index (χ0n) is 16.1. The molecule has 4 rings (SSSR count). The number of para-hydroxylation sites is 2. The first-order valence-electron chi connectivity index (χ1n) is 10.1. The van der Waals surface area contributed by atoms with Crippen molar-refractivity contribution in [2.75, 3.05) is 45.8 Å². The summed E-state index contributed by atoms with van der Waals surface area (Å²) in [6.45, 7) is 9.02. The summed E-state index contributed by atoms with van der Waals surface area (Å²) in [5, 5.41) is 2.94. The summed E-state index contributed by atoms with van der Waals surface area (Å²) in [6, 6.07) is 7.49.